The summed E-state index contributed by atoms with van der Waals surface area (Å²) in [5.41, 5.74) is 0.0945. The first-order valence-electron chi connectivity index (χ1n) is 10.8. The van der Waals surface area contributed by atoms with Crippen molar-refractivity contribution in [3.8, 4) is 4.20 Å². The minimum absolute atomic E-state index is 0.0945. The fourth-order valence-electron chi connectivity index (χ4n) is 2.18. The molecular formula is C23H48Cl2P3W+2. The average molecular weight is 672 g/mol. The Bertz CT molecular complexity index is 497. The van der Waals surface area contributed by atoms with Gasteiger partial charge in [0.05, 0.1) is 37.0 Å². The quantitative estimate of drug-likeness (QED) is 0.266. The van der Waals surface area contributed by atoms with Crippen molar-refractivity contribution in [1.82, 2.24) is 0 Å². The number of hydrogen-bond donors (Lipinski definition) is 0. The maximum atomic E-state index is 5.61. The Hall–Kier alpha value is 1.56. The van der Waals surface area contributed by atoms with Crippen molar-refractivity contribution in [3.05, 3.63) is 30.3 Å². The Morgan fingerprint density at radius 2 is 1.07 bits per heavy atom. The van der Waals surface area contributed by atoms with Crippen molar-refractivity contribution in [2.45, 2.75) is 62.3 Å². The topological polar surface area (TPSA) is 0 Å². The van der Waals surface area contributed by atoms with Gasteiger partial charge in [0.1, 0.15) is 0 Å². The molecule has 0 aromatic heterocycles. The third kappa shape index (κ3) is 31.8. The Labute approximate surface area is 201 Å². The van der Waals surface area contributed by atoms with Crippen LogP contribution in [0.1, 0.15) is 62.3 Å². The zero-order chi connectivity index (χ0) is 23.3. The number of rotatable bonds is 6. The van der Waals surface area contributed by atoms with E-state index in [9.17, 15) is 0 Å². The van der Waals surface area contributed by atoms with Crippen LogP contribution in [0.3, 0.4) is 0 Å². The molecular weight excluding hydrogens is 624 g/mol. The molecule has 0 spiro atoms. The molecule has 0 saturated heterocycles. The molecule has 0 aliphatic heterocycles. The molecule has 1 aromatic carbocycles. The van der Waals surface area contributed by atoms with Gasteiger partial charge in [0.2, 0.25) is 0 Å². The van der Waals surface area contributed by atoms with Gasteiger partial charge in [-0.1, -0.05) is 30.3 Å². The summed E-state index contributed by atoms with van der Waals surface area (Å²) in [4.78, 5) is 0. The number of benzene rings is 1. The molecule has 0 aliphatic carbocycles. The van der Waals surface area contributed by atoms with E-state index < -0.39 is 14.6 Å². The van der Waals surface area contributed by atoms with E-state index in [-0.39, 0.29) is 21.3 Å². The summed E-state index contributed by atoms with van der Waals surface area (Å²) in [7, 11) is 14.1. The average Bonchev–Trinajstić information content (AvgIpc) is 2.65. The molecule has 0 aliphatic rings. The van der Waals surface area contributed by atoms with E-state index >= 15 is 0 Å². The van der Waals surface area contributed by atoms with Crippen molar-refractivity contribution in [3.63, 3.8) is 0 Å². The van der Waals surface area contributed by atoms with Crippen LogP contribution in [0.4, 0.5) is 0 Å². The van der Waals surface area contributed by atoms with Gasteiger partial charge in [0.25, 0.3) is 0 Å². The smallest absolute Gasteiger partial charge is 0.0543 e. The molecule has 1 unspecified atom stereocenters. The van der Waals surface area contributed by atoms with E-state index in [2.05, 4.69) is 75.8 Å². The Morgan fingerprint density at radius 1 is 0.759 bits per heavy atom. The van der Waals surface area contributed by atoms with Crippen LogP contribution < -0.4 is 5.30 Å². The molecule has 1 rings (SSSR count). The van der Waals surface area contributed by atoms with Crippen LogP contribution in [-0.4, -0.2) is 37.0 Å². The van der Waals surface area contributed by atoms with Gasteiger partial charge in [-0.2, -0.15) is 0 Å². The summed E-state index contributed by atoms with van der Waals surface area (Å²) in [6.07, 6.45) is 8.74. The summed E-state index contributed by atoms with van der Waals surface area (Å²) >= 11 is -2.06. The van der Waals surface area contributed by atoms with Crippen molar-refractivity contribution in [2.24, 2.45) is 5.41 Å². The number of hydrogen-bond acceptors (Lipinski definition) is 0. The fourth-order valence-corrected chi connectivity index (χ4v) is 10.9. The van der Waals surface area contributed by atoms with Crippen LogP contribution in [0.2, 0.25) is 0 Å². The van der Waals surface area contributed by atoms with Gasteiger partial charge in [0.15, 0.2) is 0 Å². The first-order chi connectivity index (χ1) is 13.5. The predicted molar refractivity (Wildman–Crippen MR) is 151 cm³/mol. The van der Waals surface area contributed by atoms with Crippen molar-refractivity contribution >= 4 is 49.2 Å². The van der Waals surface area contributed by atoms with E-state index in [0.717, 1.165) is 0 Å². The minimum Gasteiger partial charge on any atom is -0.106 e. The van der Waals surface area contributed by atoms with Gasteiger partial charge in [-0.15, -0.1) is 9.24 Å². The summed E-state index contributed by atoms with van der Waals surface area (Å²) in [6.45, 7) is 20.0. The SMILES string of the molecule is CC(C)(C)[C]#[W]([Cl])[Cl].CC[PH+](CC)CC.CC[PH+](CC)CC.Pc1ccccc1. The van der Waals surface area contributed by atoms with Crippen LogP contribution in [0.5, 0.6) is 0 Å². The molecule has 0 saturated carbocycles. The molecule has 6 heteroatoms. The second-order valence-electron chi connectivity index (χ2n) is 7.60. The van der Waals surface area contributed by atoms with Gasteiger partial charge in [-0.05, 0) is 62.7 Å². The van der Waals surface area contributed by atoms with Crippen molar-refractivity contribution < 1.29 is 14.6 Å². The maximum Gasteiger partial charge on any atom is 0.0543 e. The zero-order valence-corrected chi connectivity index (χ0v) is 28.0. The summed E-state index contributed by atoms with van der Waals surface area (Å²) < 4.78 is 3.11. The molecule has 0 bridgehead atoms. The van der Waals surface area contributed by atoms with E-state index in [1.54, 1.807) is 0 Å². The van der Waals surface area contributed by atoms with Crippen LogP contribution in [0, 0.1) is 9.62 Å². The van der Waals surface area contributed by atoms with Gasteiger partial charge >= 0.3 is 63.8 Å². The maximum absolute atomic E-state index is 5.61. The molecule has 29 heavy (non-hydrogen) atoms. The monoisotopic (exact) mass is 671 g/mol. The zero-order valence-electron chi connectivity index (χ0n) is 20.4. The normalized spacial score (nSPS) is 10.0. The Kier molecular flexibility index (Phi) is 29.3. The second kappa shape index (κ2) is 24.2. The third-order valence-corrected chi connectivity index (χ3v) is 14.6. The van der Waals surface area contributed by atoms with Crippen molar-refractivity contribution in [2.75, 3.05) is 37.0 Å². The summed E-state index contributed by atoms with van der Waals surface area (Å²) in [5.74, 6) is 0. The number of halogens is 2. The molecule has 0 fully saturated rings. The molecule has 0 N–H and O–H groups in total. The van der Waals surface area contributed by atoms with Crippen LogP contribution in [0.25, 0.3) is 0 Å². The molecule has 1 atom stereocenters. The van der Waals surface area contributed by atoms with E-state index in [1.807, 2.05) is 30.3 Å². The van der Waals surface area contributed by atoms with Gasteiger partial charge in [0, 0.05) is 0 Å². The van der Waals surface area contributed by atoms with Gasteiger partial charge < -0.3 is 0 Å². The largest absolute Gasteiger partial charge is 0.106 e. The summed E-state index contributed by atoms with van der Waals surface area (Å²) in [6, 6.07) is 10.1. The molecule has 0 heterocycles. The van der Waals surface area contributed by atoms with Gasteiger partial charge in [-0.25, -0.2) is 0 Å². The molecule has 173 valence electrons. The van der Waals surface area contributed by atoms with Crippen molar-refractivity contribution in [1.29, 1.82) is 0 Å². The summed E-state index contributed by atoms with van der Waals surface area (Å²) in [5, 5.41) is 1.24. The fraction of sp³-hybridized carbons (Fsp3) is 0.696. The molecule has 0 radical (unpaired) electrons. The van der Waals surface area contributed by atoms with Crippen LogP contribution >= 0.6 is 43.9 Å². The van der Waals surface area contributed by atoms with Gasteiger partial charge in [-0.3, -0.25) is 0 Å². The van der Waals surface area contributed by atoms with Crippen LogP contribution in [-0.2, 0) is 14.6 Å². The third-order valence-electron chi connectivity index (χ3n) is 4.18. The van der Waals surface area contributed by atoms with Crippen LogP contribution in [0.15, 0.2) is 30.3 Å². The predicted octanol–water partition coefficient (Wildman–Crippen LogP) is 8.63. The standard InChI is InChI=1S/C6H7P.2C6H15P.C5H9.2ClH.W/c7-6-4-2-1-3-5-6;2*1-4-7(5-2)6-3;1-5(2,3)4;;;/h1-5H,7H2;2*4-6H2,1-3H3;1-3H3;2*1H;/q;;;;;;+2. The second-order valence-corrected chi connectivity index (χ2v) is 24.1. The Balaban J connectivity index is -0.000000311. The molecule has 1 aromatic rings. The minimum atomic E-state index is -2.06. The Morgan fingerprint density at radius 3 is 1.14 bits per heavy atom. The van der Waals surface area contributed by atoms with E-state index in [1.165, 1.54) is 42.3 Å². The molecule has 0 amide bonds. The van der Waals surface area contributed by atoms with E-state index in [0.29, 0.717) is 0 Å². The first kappa shape index (κ1) is 35.2. The van der Waals surface area contributed by atoms with E-state index in [4.69, 9.17) is 18.8 Å². The first-order valence-corrected chi connectivity index (χ1v) is 24.4. The molecule has 0 nitrogen and oxygen atoms in total.